The lowest BCUT2D eigenvalue weighted by molar-refractivity contribution is -0.938. The number of esters is 2. The number of hydrogen-bond donors (Lipinski definition) is 1. The van der Waals surface area contributed by atoms with Crippen molar-refractivity contribution in [2.45, 2.75) is 57.8 Å². The molecular formula is C36H41N2O7+. The Hall–Kier alpha value is -4.50. The molecule has 3 aromatic carbocycles. The van der Waals surface area contributed by atoms with E-state index in [2.05, 4.69) is 5.32 Å². The summed E-state index contributed by atoms with van der Waals surface area (Å²) in [6.07, 6.45) is 0.810. The third-order valence-corrected chi connectivity index (χ3v) is 8.44. The molecule has 0 radical (unpaired) electrons. The van der Waals surface area contributed by atoms with E-state index in [4.69, 9.17) is 14.2 Å². The fraction of sp³-hybridized carbons (Fsp3) is 0.389. The lowest BCUT2D eigenvalue weighted by Gasteiger charge is -2.51. The van der Waals surface area contributed by atoms with Gasteiger partial charge in [0.25, 0.3) is 0 Å². The molecule has 3 aromatic rings. The number of benzene rings is 3. The summed E-state index contributed by atoms with van der Waals surface area (Å²) in [6.45, 7) is 7.93. The second-order valence-electron chi connectivity index (χ2n) is 13.0. The summed E-state index contributed by atoms with van der Waals surface area (Å²) in [5.41, 5.74) is 1.11. The molecule has 9 nitrogen and oxygen atoms in total. The molecule has 3 aliphatic rings. The predicted molar refractivity (Wildman–Crippen MR) is 168 cm³/mol. The fourth-order valence-corrected chi connectivity index (χ4v) is 6.14. The third-order valence-electron chi connectivity index (χ3n) is 8.44. The number of fused-ring (bicyclic) bond motifs is 3. The molecule has 1 N–H and O–H groups in total. The van der Waals surface area contributed by atoms with Gasteiger partial charge in [-0.25, -0.2) is 14.4 Å². The van der Waals surface area contributed by atoms with E-state index in [1.165, 1.54) is 0 Å². The van der Waals surface area contributed by atoms with Crippen molar-refractivity contribution in [1.29, 1.82) is 0 Å². The van der Waals surface area contributed by atoms with Gasteiger partial charge in [-0.1, -0.05) is 60.7 Å². The average molecular weight is 614 g/mol. The molecule has 236 valence electrons. The summed E-state index contributed by atoms with van der Waals surface area (Å²) in [5.74, 6) is -0.366. The monoisotopic (exact) mass is 613 g/mol. The van der Waals surface area contributed by atoms with Gasteiger partial charge in [0, 0.05) is 30.7 Å². The van der Waals surface area contributed by atoms with Gasteiger partial charge in [-0.15, -0.1) is 0 Å². The van der Waals surface area contributed by atoms with E-state index in [1.54, 1.807) is 69.3 Å². The summed E-state index contributed by atoms with van der Waals surface area (Å²) in [4.78, 5) is 52.0. The van der Waals surface area contributed by atoms with Gasteiger partial charge in [0.15, 0.2) is 6.10 Å². The number of Topliss-reactive ketones (excluding diaryl/α,β-unsaturated/α-hetero) is 1. The van der Waals surface area contributed by atoms with Crippen LogP contribution in [0.25, 0.3) is 0 Å². The van der Waals surface area contributed by atoms with Gasteiger partial charge >= 0.3 is 18.0 Å². The lowest BCUT2D eigenvalue weighted by atomic mass is 9.82. The highest BCUT2D eigenvalue weighted by atomic mass is 16.6. The highest BCUT2D eigenvalue weighted by Gasteiger charge is 2.49. The standard InChI is InChI=1S/C36H40N2O7/c1-36(2,3)45-35(42)37-30(22-25-14-16-29(17-15-25)43-33(40)28-12-8-5-9-13-28)34(41)44-32-24-38(20-18-27(32)19-21-38)23-31(39)26-10-6-4-7-11-26/h4-17,27,30,32H,18-24H2,1-3H3/p+1. The number of quaternary nitrogens is 1. The Labute approximate surface area is 264 Å². The van der Waals surface area contributed by atoms with Crippen LogP contribution in [0.15, 0.2) is 84.9 Å². The number of ether oxygens (including phenoxy) is 3. The number of piperidine rings is 3. The maximum absolute atomic E-state index is 13.7. The van der Waals surface area contributed by atoms with Gasteiger partial charge < -0.3 is 24.0 Å². The zero-order valence-corrected chi connectivity index (χ0v) is 26.1. The van der Waals surface area contributed by atoms with Crippen molar-refractivity contribution in [1.82, 2.24) is 5.32 Å². The van der Waals surface area contributed by atoms with Crippen molar-refractivity contribution in [3.05, 3.63) is 102 Å². The number of nitrogens with zero attached hydrogens (tertiary/aromatic N) is 1. The first-order chi connectivity index (χ1) is 21.5. The fourth-order valence-electron chi connectivity index (χ4n) is 6.14. The first-order valence-electron chi connectivity index (χ1n) is 15.5. The number of amides is 1. The zero-order chi connectivity index (χ0) is 32.0. The molecule has 9 heteroatoms. The van der Waals surface area contributed by atoms with E-state index < -0.39 is 29.7 Å². The van der Waals surface area contributed by atoms with Crippen LogP contribution in [0.1, 0.15) is 59.9 Å². The minimum absolute atomic E-state index is 0.0865. The van der Waals surface area contributed by atoms with Crippen molar-refractivity contribution >= 4 is 23.8 Å². The van der Waals surface area contributed by atoms with Crippen molar-refractivity contribution in [3.63, 3.8) is 0 Å². The Morgan fingerprint density at radius 3 is 2.04 bits per heavy atom. The number of nitrogens with one attached hydrogen (secondary N) is 1. The summed E-state index contributed by atoms with van der Waals surface area (Å²) >= 11 is 0. The molecule has 3 fully saturated rings. The smallest absolute Gasteiger partial charge is 0.408 e. The molecule has 0 spiro atoms. The summed E-state index contributed by atoms with van der Waals surface area (Å²) < 4.78 is 17.6. The number of carbonyl (C=O) groups excluding carboxylic acids is 4. The molecule has 2 atom stereocenters. The minimum Gasteiger partial charge on any atom is -0.455 e. The SMILES string of the molecule is CC(C)(C)OC(=O)NC(Cc1ccc(OC(=O)c2ccccc2)cc1)C(=O)OC1C[N+]2(CC(=O)c3ccccc3)CCC1CC2. The zero-order valence-electron chi connectivity index (χ0n) is 26.1. The molecule has 1 amide bonds. The number of hydrogen-bond acceptors (Lipinski definition) is 7. The van der Waals surface area contributed by atoms with Crippen LogP contribution in [0.3, 0.4) is 0 Å². The summed E-state index contributed by atoms with van der Waals surface area (Å²) in [6, 6.07) is 23.8. The Morgan fingerprint density at radius 1 is 0.844 bits per heavy atom. The molecule has 6 rings (SSSR count). The lowest BCUT2D eigenvalue weighted by Crippen LogP contribution is -2.66. The average Bonchev–Trinajstić information content (AvgIpc) is 3.02. The van der Waals surface area contributed by atoms with Crippen molar-refractivity contribution in [2.24, 2.45) is 5.92 Å². The first-order valence-corrected chi connectivity index (χ1v) is 15.5. The van der Waals surface area contributed by atoms with E-state index in [9.17, 15) is 19.2 Å². The van der Waals surface area contributed by atoms with Gasteiger partial charge in [-0.2, -0.15) is 0 Å². The van der Waals surface area contributed by atoms with Crippen molar-refractivity contribution in [2.75, 3.05) is 26.2 Å². The quantitative estimate of drug-likeness (QED) is 0.142. The van der Waals surface area contributed by atoms with E-state index in [0.717, 1.165) is 31.5 Å². The molecule has 3 saturated heterocycles. The minimum atomic E-state index is -1.01. The summed E-state index contributed by atoms with van der Waals surface area (Å²) in [5, 5.41) is 2.71. The number of alkyl carbamates (subject to hydrolysis) is 1. The Balaban J connectivity index is 1.26. The number of carbonyl (C=O) groups is 4. The van der Waals surface area contributed by atoms with Crippen molar-refractivity contribution < 1.29 is 37.9 Å². The third kappa shape index (κ3) is 8.57. The van der Waals surface area contributed by atoms with Crippen LogP contribution < -0.4 is 10.1 Å². The number of rotatable bonds is 10. The normalized spacial score (nSPS) is 21.3. The van der Waals surface area contributed by atoms with Gasteiger partial charge in [-0.05, 0) is 50.6 Å². The second-order valence-corrected chi connectivity index (χ2v) is 13.0. The molecule has 0 saturated carbocycles. The van der Waals surface area contributed by atoms with Crippen LogP contribution in [-0.2, 0) is 20.7 Å². The van der Waals surface area contributed by atoms with Gasteiger partial charge in [0.05, 0.1) is 18.7 Å². The molecule has 45 heavy (non-hydrogen) atoms. The second kappa shape index (κ2) is 13.6. The molecule has 2 unspecified atom stereocenters. The molecular weight excluding hydrogens is 572 g/mol. The van der Waals surface area contributed by atoms with E-state index in [0.29, 0.717) is 34.4 Å². The Kier molecular flexibility index (Phi) is 9.68. The number of ketones is 1. The maximum Gasteiger partial charge on any atom is 0.408 e. The molecule has 0 aliphatic carbocycles. The summed E-state index contributed by atoms with van der Waals surface area (Å²) in [7, 11) is 0. The van der Waals surface area contributed by atoms with Crippen molar-refractivity contribution in [3.8, 4) is 5.75 Å². The van der Waals surface area contributed by atoms with Crippen LogP contribution in [-0.4, -0.2) is 72.2 Å². The Bertz CT molecular complexity index is 1490. The highest BCUT2D eigenvalue weighted by molar-refractivity contribution is 5.97. The highest BCUT2D eigenvalue weighted by Crippen LogP contribution is 2.36. The molecule has 3 aliphatic heterocycles. The molecule has 3 heterocycles. The largest absolute Gasteiger partial charge is 0.455 e. The van der Waals surface area contributed by atoms with E-state index in [-0.39, 0.29) is 24.2 Å². The van der Waals surface area contributed by atoms with Crippen LogP contribution in [0.4, 0.5) is 4.79 Å². The van der Waals surface area contributed by atoms with Crippen LogP contribution >= 0.6 is 0 Å². The van der Waals surface area contributed by atoms with Gasteiger partial charge in [0.1, 0.15) is 30.5 Å². The molecule has 2 bridgehead atoms. The van der Waals surface area contributed by atoms with E-state index in [1.807, 2.05) is 36.4 Å². The Morgan fingerprint density at radius 2 is 1.44 bits per heavy atom. The van der Waals surface area contributed by atoms with Crippen LogP contribution in [0.2, 0.25) is 0 Å². The predicted octanol–water partition coefficient (Wildman–Crippen LogP) is 5.38. The van der Waals surface area contributed by atoms with Gasteiger partial charge in [-0.3, -0.25) is 4.79 Å². The van der Waals surface area contributed by atoms with Crippen LogP contribution in [0.5, 0.6) is 5.75 Å². The van der Waals surface area contributed by atoms with E-state index >= 15 is 0 Å². The topological polar surface area (TPSA) is 108 Å². The van der Waals surface area contributed by atoms with Gasteiger partial charge in [0.2, 0.25) is 5.78 Å². The van der Waals surface area contributed by atoms with Crippen LogP contribution in [0, 0.1) is 5.92 Å². The maximum atomic E-state index is 13.7. The first kappa shape index (κ1) is 31.9. The molecule has 0 aromatic heterocycles.